The van der Waals surface area contributed by atoms with Crippen molar-refractivity contribution in [2.24, 2.45) is 0 Å². The van der Waals surface area contributed by atoms with Gasteiger partial charge < -0.3 is 14.0 Å². The van der Waals surface area contributed by atoms with Gasteiger partial charge in [0.05, 0.1) is 23.9 Å². The number of fused-ring (bicyclic) bond motifs is 1. The highest BCUT2D eigenvalue weighted by atomic mass is 32.1. The number of nitrogens with zero attached hydrogens (tertiary/aromatic N) is 2. The monoisotopic (exact) mass is 413 g/mol. The Bertz CT molecular complexity index is 1140. The van der Waals surface area contributed by atoms with Crippen LogP contribution in [0.2, 0.25) is 0 Å². The molecule has 0 fully saturated rings. The van der Waals surface area contributed by atoms with E-state index in [1.54, 1.807) is 25.3 Å². The van der Waals surface area contributed by atoms with Crippen molar-refractivity contribution < 1.29 is 23.2 Å². The summed E-state index contributed by atoms with van der Waals surface area (Å²) >= 11 is 1.35. The van der Waals surface area contributed by atoms with Crippen molar-refractivity contribution in [1.29, 1.82) is 0 Å². The Labute approximate surface area is 169 Å². The van der Waals surface area contributed by atoms with Crippen LogP contribution in [0.1, 0.15) is 5.69 Å². The molecule has 2 heterocycles. The zero-order chi connectivity index (χ0) is 20.2. The fraction of sp³-hybridized carbons (Fsp3) is 0.150. The first-order chi connectivity index (χ1) is 14.1. The maximum atomic E-state index is 13.0. The second-order valence-corrected chi connectivity index (χ2v) is 7.11. The number of ether oxygens (including phenoxy) is 2. The number of carbonyl (C=O) groups is 1. The number of hydrogen-bond donors (Lipinski definition) is 1. The van der Waals surface area contributed by atoms with Gasteiger partial charge in [0.25, 0.3) is 5.91 Å². The van der Waals surface area contributed by atoms with Gasteiger partial charge >= 0.3 is 0 Å². The lowest BCUT2D eigenvalue weighted by Gasteiger charge is -2.01. The number of nitrogens with one attached hydrogen (secondary N) is 1. The van der Waals surface area contributed by atoms with E-state index < -0.39 is 0 Å². The molecule has 1 N–H and O–H groups in total. The van der Waals surface area contributed by atoms with Gasteiger partial charge in [-0.2, -0.15) is 0 Å². The van der Waals surface area contributed by atoms with E-state index in [9.17, 15) is 9.18 Å². The molecule has 0 unspecified atom stereocenters. The van der Waals surface area contributed by atoms with E-state index in [2.05, 4.69) is 15.5 Å². The minimum absolute atomic E-state index is 0.106. The number of amides is 1. The molecule has 0 atom stereocenters. The van der Waals surface area contributed by atoms with E-state index in [4.69, 9.17) is 14.0 Å². The smallest absolute Gasteiger partial charge is 0.252 e. The summed E-state index contributed by atoms with van der Waals surface area (Å²) in [7, 11) is 1.60. The second kappa shape index (κ2) is 8.38. The Hall–Kier alpha value is -3.30. The van der Waals surface area contributed by atoms with E-state index in [1.807, 2.05) is 18.2 Å². The van der Waals surface area contributed by atoms with Gasteiger partial charge in [0, 0.05) is 11.6 Å². The third kappa shape index (κ3) is 4.58. The summed E-state index contributed by atoms with van der Waals surface area (Å²) in [5.41, 5.74) is 2.02. The van der Waals surface area contributed by atoms with E-state index in [0.29, 0.717) is 22.1 Å². The highest BCUT2D eigenvalue weighted by Crippen LogP contribution is 2.29. The molecule has 0 spiro atoms. The van der Waals surface area contributed by atoms with Crippen LogP contribution in [0.3, 0.4) is 0 Å². The fourth-order valence-electron chi connectivity index (χ4n) is 2.62. The van der Waals surface area contributed by atoms with Crippen molar-refractivity contribution in [2.75, 3.05) is 19.0 Å². The summed E-state index contributed by atoms with van der Waals surface area (Å²) in [4.78, 5) is 16.4. The number of aromatic nitrogens is 2. The Morgan fingerprint density at radius 3 is 2.83 bits per heavy atom. The van der Waals surface area contributed by atoms with Crippen molar-refractivity contribution in [3.63, 3.8) is 0 Å². The number of halogens is 1. The molecule has 2 aromatic carbocycles. The highest BCUT2D eigenvalue weighted by molar-refractivity contribution is 7.22. The van der Waals surface area contributed by atoms with Crippen LogP contribution in [0.4, 0.5) is 9.52 Å². The van der Waals surface area contributed by atoms with Gasteiger partial charge in [-0.3, -0.25) is 10.1 Å². The lowest BCUT2D eigenvalue weighted by molar-refractivity contribution is -0.121. The Morgan fingerprint density at radius 1 is 1.21 bits per heavy atom. The molecule has 0 bridgehead atoms. The number of methoxy groups -OCH3 is 1. The predicted octanol–water partition coefficient (Wildman–Crippen LogP) is 4.25. The Morgan fingerprint density at radius 2 is 2.03 bits per heavy atom. The molecular formula is C20H16FN3O4S. The quantitative estimate of drug-likeness (QED) is 0.487. The average molecular weight is 413 g/mol. The second-order valence-electron chi connectivity index (χ2n) is 6.08. The van der Waals surface area contributed by atoms with Crippen molar-refractivity contribution in [3.05, 3.63) is 60.0 Å². The molecule has 0 radical (unpaired) electrons. The minimum atomic E-state index is -0.324. The van der Waals surface area contributed by atoms with Crippen LogP contribution >= 0.6 is 11.3 Å². The zero-order valence-corrected chi connectivity index (χ0v) is 16.2. The Kier molecular flexibility index (Phi) is 5.50. The molecule has 0 aliphatic carbocycles. The van der Waals surface area contributed by atoms with E-state index in [0.717, 1.165) is 16.0 Å². The van der Waals surface area contributed by atoms with Crippen molar-refractivity contribution in [3.8, 4) is 17.1 Å². The van der Waals surface area contributed by atoms with Crippen LogP contribution in [-0.2, 0) is 16.1 Å². The summed E-state index contributed by atoms with van der Waals surface area (Å²) in [6.07, 6.45) is 0. The first-order valence-corrected chi connectivity index (χ1v) is 9.46. The molecule has 7 nitrogen and oxygen atoms in total. The van der Waals surface area contributed by atoms with Crippen molar-refractivity contribution >= 4 is 32.6 Å². The van der Waals surface area contributed by atoms with Crippen LogP contribution in [-0.4, -0.2) is 29.8 Å². The SMILES string of the molecule is COc1ccc2nc(NC(=O)COCc3cc(-c4ccc(F)cc4)on3)sc2c1. The average Bonchev–Trinajstić information content (AvgIpc) is 3.34. The maximum Gasteiger partial charge on any atom is 0.252 e. The van der Waals surface area contributed by atoms with Gasteiger partial charge in [-0.15, -0.1) is 0 Å². The van der Waals surface area contributed by atoms with Crippen molar-refractivity contribution in [1.82, 2.24) is 10.1 Å². The summed E-state index contributed by atoms with van der Waals surface area (Å²) in [5, 5.41) is 7.10. The van der Waals surface area contributed by atoms with Crippen molar-refractivity contribution in [2.45, 2.75) is 6.61 Å². The van der Waals surface area contributed by atoms with Crippen LogP contribution in [0.25, 0.3) is 21.5 Å². The molecule has 9 heteroatoms. The molecule has 0 saturated carbocycles. The standard InChI is InChI=1S/C20H16FN3O4S/c1-26-15-6-7-16-18(9-15)29-20(22-16)23-19(25)11-27-10-14-8-17(28-24-14)12-2-4-13(21)5-3-12/h2-9H,10-11H2,1H3,(H,22,23,25). The third-order valence-electron chi connectivity index (χ3n) is 4.01. The number of carbonyl (C=O) groups excluding carboxylic acids is 1. The summed E-state index contributed by atoms with van der Waals surface area (Å²) in [6, 6.07) is 13.1. The molecule has 0 saturated heterocycles. The topological polar surface area (TPSA) is 86.5 Å². The largest absolute Gasteiger partial charge is 0.497 e. The van der Waals surface area contributed by atoms with Gasteiger partial charge in [-0.05, 0) is 42.5 Å². The third-order valence-corrected chi connectivity index (χ3v) is 4.95. The lowest BCUT2D eigenvalue weighted by Crippen LogP contribution is -2.18. The fourth-order valence-corrected chi connectivity index (χ4v) is 3.53. The molecular weight excluding hydrogens is 397 g/mol. The number of anilines is 1. The zero-order valence-electron chi connectivity index (χ0n) is 15.3. The number of thiazole rings is 1. The summed E-state index contributed by atoms with van der Waals surface area (Å²) in [5.74, 6) is 0.585. The first kappa shape index (κ1) is 19.0. The van der Waals surface area contributed by atoms with Crippen LogP contribution in [0.15, 0.2) is 53.1 Å². The van der Waals surface area contributed by atoms with Gasteiger partial charge in [-0.1, -0.05) is 16.5 Å². The number of benzene rings is 2. The first-order valence-electron chi connectivity index (χ1n) is 8.64. The van der Waals surface area contributed by atoms with E-state index in [-0.39, 0.29) is 24.9 Å². The minimum Gasteiger partial charge on any atom is -0.497 e. The molecule has 0 aliphatic heterocycles. The van der Waals surface area contributed by atoms with Gasteiger partial charge in [0.1, 0.15) is 23.9 Å². The molecule has 29 heavy (non-hydrogen) atoms. The number of hydrogen-bond acceptors (Lipinski definition) is 7. The van der Waals surface area contributed by atoms with Gasteiger partial charge in [0.15, 0.2) is 10.9 Å². The summed E-state index contributed by atoms with van der Waals surface area (Å²) in [6.45, 7) is -0.0485. The molecule has 4 rings (SSSR count). The number of rotatable bonds is 7. The van der Waals surface area contributed by atoms with E-state index >= 15 is 0 Å². The van der Waals surface area contributed by atoms with Crippen LogP contribution in [0, 0.1) is 5.82 Å². The Balaban J connectivity index is 1.29. The molecule has 2 aromatic heterocycles. The maximum absolute atomic E-state index is 13.0. The highest BCUT2D eigenvalue weighted by Gasteiger charge is 2.11. The molecule has 0 aliphatic rings. The van der Waals surface area contributed by atoms with Gasteiger partial charge in [0.2, 0.25) is 0 Å². The molecule has 4 aromatic rings. The van der Waals surface area contributed by atoms with Crippen LogP contribution in [0.5, 0.6) is 5.75 Å². The summed E-state index contributed by atoms with van der Waals surface area (Å²) < 4.78 is 29.7. The normalized spacial score (nSPS) is 11.0. The predicted molar refractivity (Wildman–Crippen MR) is 106 cm³/mol. The molecule has 1 amide bonds. The van der Waals surface area contributed by atoms with Crippen LogP contribution < -0.4 is 10.1 Å². The lowest BCUT2D eigenvalue weighted by atomic mass is 10.1. The van der Waals surface area contributed by atoms with E-state index in [1.165, 1.54) is 23.5 Å². The van der Waals surface area contributed by atoms with Gasteiger partial charge in [-0.25, -0.2) is 9.37 Å². The molecule has 148 valence electrons.